The number of nitrogens with one attached hydrogen (secondary N) is 1. The second-order valence-corrected chi connectivity index (χ2v) is 10.4. The number of aromatic amines is 1. The largest absolute Gasteiger partial charge is 0.481 e. The van der Waals surface area contributed by atoms with E-state index in [-0.39, 0.29) is 0 Å². The Labute approximate surface area is 205 Å². The average molecular weight is 584 g/mol. The van der Waals surface area contributed by atoms with Gasteiger partial charge in [0, 0.05) is 12.3 Å². The van der Waals surface area contributed by atoms with Gasteiger partial charge in [0.05, 0.1) is 13.2 Å². The van der Waals surface area contributed by atoms with Gasteiger partial charge in [0.2, 0.25) is 0 Å². The molecule has 0 aromatic carbocycles. The molecular formula is C15H26N2O18P2. The molecule has 20 nitrogen and oxygen atoms in total. The molecule has 2 fully saturated rings. The van der Waals surface area contributed by atoms with Crippen molar-refractivity contribution in [2.75, 3.05) is 13.2 Å². The Bertz CT molecular complexity index is 1100. The first-order chi connectivity index (χ1) is 17.0. The Morgan fingerprint density at radius 2 is 1.49 bits per heavy atom. The van der Waals surface area contributed by atoms with Gasteiger partial charge < -0.3 is 59.9 Å². The SMILES string of the molecule is O=c1ccn([C@@H]2O[C@H](COP(=O)(O)OP(=O)(O)O)[C@@H](O)[C@H]2O)c(=O)[nH]1.OC[C@H]1OC(O)[C@@H](O)[C@@H](O)[C@@H]1O. The van der Waals surface area contributed by atoms with E-state index in [0.29, 0.717) is 0 Å². The lowest BCUT2D eigenvalue weighted by atomic mass is 10.00. The number of nitrogens with zero attached hydrogens (tertiary/aromatic N) is 1. The van der Waals surface area contributed by atoms with Crippen molar-refractivity contribution < 1.29 is 77.9 Å². The van der Waals surface area contributed by atoms with Crippen LogP contribution in [-0.4, -0.2) is 122 Å². The van der Waals surface area contributed by atoms with Crippen molar-refractivity contribution in [1.82, 2.24) is 9.55 Å². The van der Waals surface area contributed by atoms with Crippen LogP contribution in [0.2, 0.25) is 0 Å². The summed E-state index contributed by atoms with van der Waals surface area (Å²) in [5.74, 6) is 0. The molecule has 3 heterocycles. The van der Waals surface area contributed by atoms with E-state index in [1.165, 1.54) is 0 Å². The van der Waals surface area contributed by atoms with Crippen LogP contribution in [0.4, 0.5) is 0 Å². The van der Waals surface area contributed by atoms with E-state index in [1.807, 2.05) is 4.98 Å². The number of rotatable bonds is 7. The van der Waals surface area contributed by atoms with Crippen LogP contribution in [-0.2, 0) is 27.4 Å². The van der Waals surface area contributed by atoms with Crippen LogP contribution in [0.25, 0.3) is 0 Å². The van der Waals surface area contributed by atoms with Gasteiger partial charge in [0.15, 0.2) is 12.5 Å². The molecule has 1 aromatic rings. The first kappa shape index (κ1) is 31.8. The summed E-state index contributed by atoms with van der Waals surface area (Å²) in [7, 11) is -10.5. The molecule has 2 aliphatic heterocycles. The van der Waals surface area contributed by atoms with Crippen molar-refractivity contribution in [3.8, 4) is 0 Å². The third-order valence-electron chi connectivity index (χ3n) is 4.94. The van der Waals surface area contributed by atoms with E-state index in [0.717, 1.165) is 16.8 Å². The van der Waals surface area contributed by atoms with Crippen LogP contribution in [0.5, 0.6) is 0 Å². The number of aromatic nitrogens is 2. The van der Waals surface area contributed by atoms with E-state index in [1.54, 1.807) is 0 Å². The summed E-state index contributed by atoms with van der Waals surface area (Å²) in [6.45, 7) is -1.43. The number of phosphoric ester groups is 1. The first-order valence-corrected chi connectivity index (χ1v) is 13.1. The highest BCUT2D eigenvalue weighted by Crippen LogP contribution is 2.57. The minimum Gasteiger partial charge on any atom is -0.394 e. The zero-order chi connectivity index (χ0) is 28.3. The van der Waals surface area contributed by atoms with Crippen molar-refractivity contribution in [3.05, 3.63) is 33.1 Å². The molecule has 0 bridgehead atoms. The lowest BCUT2D eigenvalue weighted by molar-refractivity contribution is -0.286. The van der Waals surface area contributed by atoms with E-state index < -0.39 is 95.4 Å². The van der Waals surface area contributed by atoms with Gasteiger partial charge in [0.25, 0.3) is 5.56 Å². The second-order valence-electron chi connectivity index (χ2n) is 7.62. The van der Waals surface area contributed by atoms with E-state index in [4.69, 9.17) is 44.9 Å². The summed E-state index contributed by atoms with van der Waals surface area (Å²) in [6, 6.07) is 0.962. The van der Waals surface area contributed by atoms with Crippen molar-refractivity contribution in [1.29, 1.82) is 0 Å². The fourth-order valence-corrected chi connectivity index (χ4v) is 4.73. The Kier molecular flexibility index (Phi) is 10.8. The molecule has 214 valence electrons. The predicted octanol–water partition coefficient (Wildman–Crippen LogP) is -5.84. The zero-order valence-electron chi connectivity index (χ0n) is 18.3. The van der Waals surface area contributed by atoms with Gasteiger partial charge in [-0.25, -0.2) is 13.9 Å². The van der Waals surface area contributed by atoms with Crippen molar-refractivity contribution in [2.24, 2.45) is 0 Å². The summed E-state index contributed by atoms with van der Waals surface area (Å²) in [6.07, 6.45) is -12.3. The maximum atomic E-state index is 11.7. The Hall–Kier alpha value is -1.42. The highest BCUT2D eigenvalue weighted by atomic mass is 31.3. The van der Waals surface area contributed by atoms with Crippen molar-refractivity contribution in [3.63, 3.8) is 0 Å². The third kappa shape index (κ3) is 8.53. The normalized spacial score (nSPS) is 35.9. The Morgan fingerprint density at radius 1 is 0.892 bits per heavy atom. The van der Waals surface area contributed by atoms with Crippen LogP contribution >= 0.6 is 15.6 Å². The summed E-state index contributed by atoms with van der Waals surface area (Å²) >= 11 is 0. The number of hydrogen-bond acceptors (Lipinski definition) is 15. The quantitative estimate of drug-likeness (QED) is 0.133. The second kappa shape index (κ2) is 12.6. The summed E-state index contributed by atoms with van der Waals surface area (Å²) in [5, 5.41) is 64.4. The number of aliphatic hydroxyl groups is 7. The maximum absolute atomic E-state index is 11.7. The van der Waals surface area contributed by atoms with Gasteiger partial charge in [-0.2, -0.15) is 4.31 Å². The molecular weight excluding hydrogens is 558 g/mol. The number of aliphatic hydroxyl groups excluding tert-OH is 7. The van der Waals surface area contributed by atoms with Gasteiger partial charge in [0.1, 0.15) is 42.7 Å². The zero-order valence-corrected chi connectivity index (χ0v) is 20.1. The number of phosphoric acid groups is 2. The summed E-state index contributed by atoms with van der Waals surface area (Å²) in [4.78, 5) is 50.7. The van der Waals surface area contributed by atoms with Crippen LogP contribution in [0, 0.1) is 0 Å². The molecule has 1 aromatic heterocycles. The van der Waals surface area contributed by atoms with E-state index in [2.05, 4.69) is 13.6 Å². The van der Waals surface area contributed by atoms with Gasteiger partial charge in [-0.05, 0) is 0 Å². The first-order valence-electron chi connectivity index (χ1n) is 10.0. The molecule has 37 heavy (non-hydrogen) atoms. The fraction of sp³-hybridized carbons (Fsp3) is 0.733. The standard InChI is InChI=1S/C9H14N2O12P2.C6H12O6/c12-5-1-2-11(9(15)10-5)8-7(14)6(13)4(22-8)3-21-25(19,20)23-24(16,17)18;7-1-2-3(8)4(9)5(10)6(11)12-2/h1-2,4,6-8,13-14H,3H2,(H,19,20)(H,10,12,15)(H2,16,17,18);2-11H,1H2/t4-,6-,7-,8-;2-,3-,4+,5+,6?/m11/s1. The van der Waals surface area contributed by atoms with Crippen molar-refractivity contribution >= 4 is 15.6 Å². The summed E-state index contributed by atoms with van der Waals surface area (Å²) < 4.78 is 40.2. The minimum absolute atomic E-state index is 0.526. The van der Waals surface area contributed by atoms with Gasteiger partial charge in [-0.1, -0.05) is 0 Å². The van der Waals surface area contributed by atoms with Crippen LogP contribution < -0.4 is 11.2 Å². The third-order valence-corrected chi connectivity index (χ3v) is 7.09. The minimum atomic E-state index is -5.32. The molecule has 0 aliphatic carbocycles. The molecule has 0 radical (unpaired) electrons. The van der Waals surface area contributed by atoms with Crippen LogP contribution in [0.15, 0.2) is 21.9 Å². The number of ether oxygens (including phenoxy) is 2. The summed E-state index contributed by atoms with van der Waals surface area (Å²) in [5.41, 5.74) is -1.65. The molecule has 11 N–H and O–H groups in total. The van der Waals surface area contributed by atoms with Gasteiger partial charge in [-0.15, -0.1) is 0 Å². The fourth-order valence-electron chi connectivity index (χ4n) is 3.13. The maximum Gasteiger partial charge on any atom is 0.481 e. The predicted molar refractivity (Wildman–Crippen MR) is 112 cm³/mol. The van der Waals surface area contributed by atoms with Crippen LogP contribution in [0.1, 0.15) is 6.23 Å². The average Bonchev–Trinajstić information content (AvgIpc) is 3.06. The topological polar surface area (TPSA) is 328 Å². The highest BCUT2D eigenvalue weighted by Gasteiger charge is 2.46. The van der Waals surface area contributed by atoms with Crippen LogP contribution in [0.3, 0.4) is 0 Å². The molecule has 3 rings (SSSR count). The highest BCUT2D eigenvalue weighted by molar-refractivity contribution is 7.60. The lowest BCUT2D eigenvalue weighted by Crippen LogP contribution is -2.58. The molecule has 0 saturated carbocycles. The molecule has 22 heteroatoms. The van der Waals surface area contributed by atoms with Gasteiger partial charge >= 0.3 is 21.3 Å². The lowest BCUT2D eigenvalue weighted by Gasteiger charge is -2.37. The van der Waals surface area contributed by atoms with Gasteiger partial charge in [-0.3, -0.25) is 18.9 Å². The molecule has 2 unspecified atom stereocenters. The van der Waals surface area contributed by atoms with E-state index in [9.17, 15) is 28.9 Å². The molecule has 2 aliphatic rings. The monoisotopic (exact) mass is 584 g/mol. The molecule has 0 amide bonds. The Morgan fingerprint density at radius 3 is 2.03 bits per heavy atom. The molecule has 2 saturated heterocycles. The smallest absolute Gasteiger partial charge is 0.394 e. The molecule has 0 spiro atoms. The number of hydrogen-bond donors (Lipinski definition) is 11. The number of H-pyrrole nitrogens is 1. The Balaban J connectivity index is 0.000000335. The molecule has 10 atom stereocenters. The van der Waals surface area contributed by atoms with E-state index >= 15 is 0 Å². The van der Waals surface area contributed by atoms with Crippen molar-refractivity contribution in [2.45, 2.75) is 55.2 Å².